The average molecular weight is 399 g/mol. The van der Waals surface area contributed by atoms with Crippen LogP contribution in [0.15, 0.2) is 48.5 Å². The molecule has 0 amide bonds. The number of rotatable bonds is 5. The van der Waals surface area contributed by atoms with Crippen LogP contribution in [0.2, 0.25) is 0 Å². The molecule has 2 aromatic carbocycles. The number of hydrogen-bond donors (Lipinski definition) is 4. The third kappa shape index (κ3) is 3.79. The SMILES string of the molecule is CCc1ccc(CC2CN(C3O[C@H](CO)[C@@H](O)C(O)[C@H]3O)c3ccccc32)cc1. The molecule has 2 aliphatic heterocycles. The van der Waals surface area contributed by atoms with Crippen molar-refractivity contribution in [1.29, 1.82) is 0 Å². The minimum Gasteiger partial charge on any atom is -0.394 e. The molecule has 2 aromatic rings. The van der Waals surface area contributed by atoms with Crippen LogP contribution in [-0.2, 0) is 17.6 Å². The molecular formula is C23H29NO5. The van der Waals surface area contributed by atoms with Crippen LogP contribution in [0.4, 0.5) is 5.69 Å². The Labute approximate surface area is 171 Å². The molecule has 6 atom stereocenters. The number of para-hydroxylation sites is 1. The summed E-state index contributed by atoms with van der Waals surface area (Å²) in [4.78, 5) is 1.95. The third-order valence-corrected chi connectivity index (χ3v) is 6.19. The van der Waals surface area contributed by atoms with E-state index in [1.54, 1.807) is 0 Å². The van der Waals surface area contributed by atoms with Crippen LogP contribution in [0.1, 0.15) is 29.5 Å². The summed E-state index contributed by atoms with van der Waals surface area (Å²) in [6.07, 6.45) is -3.88. The van der Waals surface area contributed by atoms with Crippen molar-refractivity contribution < 1.29 is 25.2 Å². The zero-order chi connectivity index (χ0) is 20.5. The quantitative estimate of drug-likeness (QED) is 0.604. The fourth-order valence-corrected chi connectivity index (χ4v) is 4.48. The van der Waals surface area contributed by atoms with E-state index in [-0.39, 0.29) is 5.92 Å². The monoisotopic (exact) mass is 399 g/mol. The highest BCUT2D eigenvalue weighted by atomic mass is 16.6. The fourth-order valence-electron chi connectivity index (χ4n) is 4.48. The number of nitrogens with zero attached hydrogens (tertiary/aromatic N) is 1. The first-order valence-electron chi connectivity index (χ1n) is 10.3. The Morgan fingerprint density at radius 3 is 2.31 bits per heavy atom. The highest BCUT2D eigenvalue weighted by Crippen LogP contribution is 2.41. The van der Waals surface area contributed by atoms with Gasteiger partial charge in [-0.2, -0.15) is 0 Å². The molecule has 6 heteroatoms. The zero-order valence-electron chi connectivity index (χ0n) is 16.6. The minimum atomic E-state index is -1.38. The smallest absolute Gasteiger partial charge is 0.159 e. The average Bonchev–Trinajstić information content (AvgIpc) is 3.11. The van der Waals surface area contributed by atoms with Gasteiger partial charge in [0.2, 0.25) is 0 Å². The summed E-state index contributed by atoms with van der Waals surface area (Å²) < 4.78 is 5.82. The van der Waals surface area contributed by atoms with Crippen LogP contribution in [0.3, 0.4) is 0 Å². The molecule has 2 aliphatic rings. The molecule has 0 bridgehead atoms. The molecule has 29 heavy (non-hydrogen) atoms. The summed E-state index contributed by atoms with van der Waals surface area (Å²) in [7, 11) is 0. The number of benzene rings is 2. The molecule has 0 aliphatic carbocycles. The molecule has 156 valence electrons. The minimum absolute atomic E-state index is 0.214. The number of hydrogen-bond acceptors (Lipinski definition) is 6. The predicted octanol–water partition coefficient (Wildman–Crippen LogP) is 1.20. The number of fused-ring (bicyclic) bond motifs is 1. The van der Waals surface area contributed by atoms with Crippen LogP contribution in [-0.4, -0.2) is 64.2 Å². The van der Waals surface area contributed by atoms with Crippen LogP contribution in [0.5, 0.6) is 0 Å². The molecule has 1 fully saturated rings. The molecule has 4 N–H and O–H groups in total. The van der Waals surface area contributed by atoms with Gasteiger partial charge in [0, 0.05) is 18.2 Å². The van der Waals surface area contributed by atoms with Crippen molar-refractivity contribution >= 4 is 5.69 Å². The highest BCUT2D eigenvalue weighted by Gasteiger charge is 2.47. The van der Waals surface area contributed by atoms with E-state index in [1.165, 1.54) is 16.7 Å². The van der Waals surface area contributed by atoms with Crippen molar-refractivity contribution in [3.63, 3.8) is 0 Å². The number of anilines is 1. The van der Waals surface area contributed by atoms with Gasteiger partial charge in [0.05, 0.1) is 6.61 Å². The second kappa shape index (κ2) is 8.42. The van der Waals surface area contributed by atoms with E-state index in [4.69, 9.17) is 4.74 Å². The van der Waals surface area contributed by atoms with E-state index in [1.807, 2.05) is 23.1 Å². The summed E-state index contributed by atoms with van der Waals surface area (Å²) in [6.45, 7) is 2.34. The van der Waals surface area contributed by atoms with E-state index in [9.17, 15) is 20.4 Å². The molecular weight excluding hydrogens is 370 g/mol. The van der Waals surface area contributed by atoms with E-state index in [0.717, 1.165) is 18.5 Å². The molecule has 0 aromatic heterocycles. The van der Waals surface area contributed by atoms with Crippen molar-refractivity contribution in [2.24, 2.45) is 0 Å². The Morgan fingerprint density at radius 2 is 1.62 bits per heavy atom. The van der Waals surface area contributed by atoms with Crippen molar-refractivity contribution in [3.8, 4) is 0 Å². The van der Waals surface area contributed by atoms with Gasteiger partial charge in [0.15, 0.2) is 6.23 Å². The van der Waals surface area contributed by atoms with Gasteiger partial charge in [-0.1, -0.05) is 49.4 Å². The molecule has 0 radical (unpaired) electrons. The Balaban J connectivity index is 1.59. The Bertz CT molecular complexity index is 824. The molecule has 4 rings (SSSR count). The van der Waals surface area contributed by atoms with Gasteiger partial charge < -0.3 is 30.1 Å². The van der Waals surface area contributed by atoms with Crippen molar-refractivity contribution in [3.05, 3.63) is 65.2 Å². The van der Waals surface area contributed by atoms with Crippen molar-refractivity contribution in [2.75, 3.05) is 18.1 Å². The fraction of sp³-hybridized carbons (Fsp3) is 0.478. The van der Waals surface area contributed by atoms with Crippen LogP contribution >= 0.6 is 0 Å². The summed E-state index contributed by atoms with van der Waals surface area (Å²) in [6, 6.07) is 16.7. The molecule has 0 spiro atoms. The maximum atomic E-state index is 10.6. The lowest BCUT2D eigenvalue weighted by Crippen LogP contribution is -2.63. The Hall–Kier alpha value is -1.96. The lowest BCUT2D eigenvalue weighted by atomic mass is 9.93. The summed E-state index contributed by atoms with van der Waals surface area (Å²) >= 11 is 0. The molecule has 3 unspecified atom stereocenters. The van der Waals surface area contributed by atoms with Gasteiger partial charge in [-0.25, -0.2) is 0 Å². The van der Waals surface area contributed by atoms with E-state index in [0.29, 0.717) is 6.54 Å². The van der Waals surface area contributed by atoms with Crippen molar-refractivity contribution in [1.82, 2.24) is 0 Å². The maximum absolute atomic E-state index is 10.6. The lowest BCUT2D eigenvalue weighted by Gasteiger charge is -2.44. The number of ether oxygens (including phenoxy) is 1. The van der Waals surface area contributed by atoms with Crippen LogP contribution in [0.25, 0.3) is 0 Å². The summed E-state index contributed by atoms with van der Waals surface area (Å²) in [5, 5.41) is 40.4. The summed E-state index contributed by atoms with van der Waals surface area (Å²) in [5.41, 5.74) is 4.68. The van der Waals surface area contributed by atoms with Gasteiger partial charge in [0.1, 0.15) is 24.4 Å². The number of aryl methyl sites for hydroxylation is 1. The van der Waals surface area contributed by atoms with Gasteiger partial charge in [-0.15, -0.1) is 0 Å². The molecule has 2 heterocycles. The standard InChI is InChI=1S/C23H29NO5/c1-2-14-7-9-15(10-8-14)11-16-12-24(18-6-4-3-5-17(16)18)23-22(28)21(27)20(26)19(13-25)29-23/h3-10,16,19-23,25-28H,2,11-13H2,1H3/t16?,19-,20-,21?,22-,23?/m1/s1. The second-order valence-electron chi connectivity index (χ2n) is 8.00. The Morgan fingerprint density at radius 1 is 0.931 bits per heavy atom. The first-order chi connectivity index (χ1) is 14.0. The topological polar surface area (TPSA) is 93.4 Å². The third-order valence-electron chi connectivity index (χ3n) is 6.19. The highest BCUT2D eigenvalue weighted by molar-refractivity contribution is 5.61. The van der Waals surface area contributed by atoms with Crippen molar-refractivity contribution in [2.45, 2.75) is 56.3 Å². The van der Waals surface area contributed by atoms with Gasteiger partial charge in [-0.05, 0) is 35.6 Å². The molecule has 6 nitrogen and oxygen atoms in total. The van der Waals surface area contributed by atoms with E-state index in [2.05, 4.69) is 37.3 Å². The normalized spacial score (nSPS) is 31.7. The van der Waals surface area contributed by atoms with Gasteiger partial charge >= 0.3 is 0 Å². The second-order valence-corrected chi connectivity index (χ2v) is 8.00. The van der Waals surface area contributed by atoms with E-state index >= 15 is 0 Å². The van der Waals surface area contributed by atoms with E-state index < -0.39 is 37.3 Å². The number of aliphatic hydroxyl groups excluding tert-OH is 4. The number of aliphatic hydroxyl groups is 4. The van der Waals surface area contributed by atoms with Crippen LogP contribution < -0.4 is 4.90 Å². The largest absolute Gasteiger partial charge is 0.394 e. The predicted molar refractivity (Wildman–Crippen MR) is 110 cm³/mol. The first-order valence-corrected chi connectivity index (χ1v) is 10.3. The maximum Gasteiger partial charge on any atom is 0.159 e. The zero-order valence-corrected chi connectivity index (χ0v) is 16.6. The molecule has 1 saturated heterocycles. The molecule has 0 saturated carbocycles. The lowest BCUT2D eigenvalue weighted by molar-refractivity contribution is -0.228. The van der Waals surface area contributed by atoms with Gasteiger partial charge in [-0.3, -0.25) is 0 Å². The van der Waals surface area contributed by atoms with Gasteiger partial charge in [0.25, 0.3) is 0 Å². The van der Waals surface area contributed by atoms with Crippen LogP contribution in [0, 0.1) is 0 Å². The Kier molecular flexibility index (Phi) is 5.90. The summed E-state index contributed by atoms with van der Waals surface area (Å²) in [5.74, 6) is 0.214. The first kappa shape index (κ1) is 20.3.